The highest BCUT2D eigenvalue weighted by molar-refractivity contribution is 5.68. The number of carbonyl (C=O) groups is 1. The fraction of sp³-hybridized carbons (Fsp3) is 0.941. The Morgan fingerprint density at radius 1 is 1.17 bits per heavy atom. The van der Waals surface area contributed by atoms with Gasteiger partial charge >= 0.3 is 6.09 Å². The van der Waals surface area contributed by atoms with Crippen molar-refractivity contribution in [3.8, 4) is 0 Å². The number of alkyl carbamates (subject to hydrolysis) is 1. The summed E-state index contributed by atoms with van der Waals surface area (Å²) >= 11 is 0. The molecule has 2 aliphatic rings. The topological polar surface area (TPSA) is 79.8 Å². The predicted octanol–water partition coefficient (Wildman–Crippen LogP) is 1.95. The van der Waals surface area contributed by atoms with Crippen LogP contribution in [0.25, 0.3) is 0 Å². The van der Waals surface area contributed by atoms with Crippen LogP contribution >= 0.6 is 0 Å². The minimum absolute atomic E-state index is 0.189. The summed E-state index contributed by atoms with van der Waals surface area (Å²) in [4.78, 5) is 11.8. The van der Waals surface area contributed by atoms with Gasteiger partial charge in [0.1, 0.15) is 5.60 Å². The number of nitrogens with one attached hydrogen (secondary N) is 2. The zero-order chi connectivity index (χ0) is 16.9. The first kappa shape index (κ1) is 18.5. The lowest BCUT2D eigenvalue weighted by Gasteiger charge is -2.36. The molecular formula is C17H32N2O4. The second-order valence-electron chi connectivity index (χ2n) is 7.91. The first-order chi connectivity index (χ1) is 10.8. The molecule has 1 aliphatic heterocycles. The molecule has 0 aromatic carbocycles. The highest BCUT2D eigenvalue weighted by atomic mass is 16.6. The van der Waals surface area contributed by atoms with Gasteiger partial charge in [0.15, 0.2) is 0 Å². The summed E-state index contributed by atoms with van der Waals surface area (Å²) in [6, 6.07) is 0.604. The van der Waals surface area contributed by atoms with Crippen molar-refractivity contribution in [3.63, 3.8) is 0 Å². The van der Waals surface area contributed by atoms with Crippen molar-refractivity contribution < 1.29 is 19.4 Å². The summed E-state index contributed by atoms with van der Waals surface area (Å²) in [6.45, 7) is 7.53. The van der Waals surface area contributed by atoms with Crippen LogP contribution in [0.15, 0.2) is 0 Å². The van der Waals surface area contributed by atoms with E-state index in [-0.39, 0.29) is 12.1 Å². The third-order valence-electron chi connectivity index (χ3n) is 4.59. The Hall–Kier alpha value is -0.850. The Kier molecular flexibility index (Phi) is 6.28. The van der Waals surface area contributed by atoms with E-state index in [1.807, 2.05) is 20.8 Å². The van der Waals surface area contributed by atoms with Crippen LogP contribution in [0.2, 0.25) is 0 Å². The van der Waals surface area contributed by atoms with E-state index in [4.69, 9.17) is 9.47 Å². The smallest absolute Gasteiger partial charge is 0.407 e. The van der Waals surface area contributed by atoms with E-state index >= 15 is 0 Å². The molecule has 134 valence electrons. The van der Waals surface area contributed by atoms with E-state index in [9.17, 15) is 9.90 Å². The zero-order valence-corrected chi connectivity index (χ0v) is 14.7. The van der Waals surface area contributed by atoms with Crippen molar-refractivity contribution >= 4 is 6.09 Å². The van der Waals surface area contributed by atoms with Gasteiger partial charge in [-0.2, -0.15) is 0 Å². The lowest BCUT2D eigenvalue weighted by molar-refractivity contribution is -0.0632. The van der Waals surface area contributed by atoms with Crippen LogP contribution in [0.1, 0.15) is 59.3 Å². The van der Waals surface area contributed by atoms with Crippen LogP contribution in [0.3, 0.4) is 0 Å². The highest BCUT2D eigenvalue weighted by Crippen LogP contribution is 2.23. The molecule has 1 heterocycles. The molecule has 3 N–H and O–H groups in total. The summed E-state index contributed by atoms with van der Waals surface area (Å²) in [5.74, 6) is 0. The van der Waals surface area contributed by atoms with Crippen molar-refractivity contribution in [2.45, 2.75) is 82.6 Å². The van der Waals surface area contributed by atoms with Crippen LogP contribution < -0.4 is 10.6 Å². The van der Waals surface area contributed by atoms with Gasteiger partial charge in [0.25, 0.3) is 0 Å². The minimum Gasteiger partial charge on any atom is -0.444 e. The van der Waals surface area contributed by atoms with Gasteiger partial charge in [-0.05, 0) is 46.5 Å². The molecule has 1 saturated heterocycles. The largest absolute Gasteiger partial charge is 0.444 e. The van der Waals surface area contributed by atoms with Gasteiger partial charge in [-0.25, -0.2) is 4.79 Å². The molecule has 1 saturated carbocycles. The summed E-state index contributed by atoms with van der Waals surface area (Å²) in [7, 11) is 0. The molecule has 1 aliphatic carbocycles. The SMILES string of the molecule is CC(C)(C)OC(=O)NC1CCC(NCC2(O)CCOCC2)CC1. The van der Waals surface area contributed by atoms with E-state index in [1.54, 1.807) is 0 Å². The Labute approximate surface area is 139 Å². The number of amides is 1. The van der Waals surface area contributed by atoms with Gasteiger partial charge in [-0.1, -0.05) is 0 Å². The maximum atomic E-state index is 11.8. The van der Waals surface area contributed by atoms with Gasteiger partial charge in [0.2, 0.25) is 0 Å². The van der Waals surface area contributed by atoms with Gasteiger partial charge in [0, 0.05) is 44.7 Å². The van der Waals surface area contributed by atoms with Crippen LogP contribution in [0.4, 0.5) is 4.79 Å². The molecule has 6 nitrogen and oxygen atoms in total. The Morgan fingerprint density at radius 2 is 1.74 bits per heavy atom. The van der Waals surface area contributed by atoms with Crippen molar-refractivity contribution in [2.75, 3.05) is 19.8 Å². The summed E-state index contributed by atoms with van der Waals surface area (Å²) in [5.41, 5.74) is -1.08. The molecular weight excluding hydrogens is 296 g/mol. The van der Waals surface area contributed by atoms with E-state index < -0.39 is 11.2 Å². The average Bonchev–Trinajstić information content (AvgIpc) is 2.45. The Balaban J connectivity index is 1.65. The van der Waals surface area contributed by atoms with Crippen LogP contribution in [-0.4, -0.2) is 54.2 Å². The molecule has 0 bridgehead atoms. The fourth-order valence-electron chi connectivity index (χ4n) is 3.18. The van der Waals surface area contributed by atoms with Crippen LogP contribution in [0, 0.1) is 0 Å². The molecule has 2 fully saturated rings. The molecule has 2 rings (SSSR count). The second-order valence-corrected chi connectivity index (χ2v) is 7.91. The molecule has 23 heavy (non-hydrogen) atoms. The van der Waals surface area contributed by atoms with Crippen molar-refractivity contribution in [1.29, 1.82) is 0 Å². The lowest BCUT2D eigenvalue weighted by atomic mass is 9.89. The normalized spacial score (nSPS) is 28.2. The molecule has 0 unspecified atom stereocenters. The number of ether oxygens (including phenoxy) is 2. The molecule has 1 amide bonds. The third kappa shape index (κ3) is 6.65. The lowest BCUT2D eigenvalue weighted by Crippen LogP contribution is -2.50. The number of hydrogen-bond acceptors (Lipinski definition) is 5. The van der Waals surface area contributed by atoms with E-state index in [1.165, 1.54) is 0 Å². The molecule has 0 spiro atoms. The fourth-order valence-corrected chi connectivity index (χ4v) is 3.18. The van der Waals surface area contributed by atoms with E-state index in [0.29, 0.717) is 38.6 Å². The van der Waals surface area contributed by atoms with Crippen molar-refractivity contribution in [3.05, 3.63) is 0 Å². The number of aliphatic hydroxyl groups is 1. The maximum Gasteiger partial charge on any atom is 0.407 e. The summed E-state index contributed by atoms with van der Waals surface area (Å²) in [6.07, 6.45) is 4.98. The van der Waals surface area contributed by atoms with Gasteiger partial charge in [0.05, 0.1) is 5.60 Å². The molecule has 0 aromatic rings. The number of rotatable bonds is 4. The highest BCUT2D eigenvalue weighted by Gasteiger charge is 2.31. The Bertz CT molecular complexity index is 381. The minimum atomic E-state index is -0.621. The number of hydrogen-bond donors (Lipinski definition) is 3. The second kappa shape index (κ2) is 7.81. The summed E-state index contributed by atoms with van der Waals surface area (Å²) in [5, 5.41) is 16.9. The van der Waals surface area contributed by atoms with Gasteiger partial charge in [-0.15, -0.1) is 0 Å². The van der Waals surface area contributed by atoms with Crippen molar-refractivity contribution in [2.24, 2.45) is 0 Å². The Morgan fingerprint density at radius 3 is 2.30 bits per heavy atom. The average molecular weight is 328 g/mol. The van der Waals surface area contributed by atoms with E-state index in [2.05, 4.69) is 10.6 Å². The first-order valence-electron chi connectivity index (χ1n) is 8.79. The quantitative estimate of drug-likeness (QED) is 0.735. The van der Waals surface area contributed by atoms with Crippen LogP contribution in [0.5, 0.6) is 0 Å². The third-order valence-corrected chi connectivity index (χ3v) is 4.59. The van der Waals surface area contributed by atoms with Crippen molar-refractivity contribution in [1.82, 2.24) is 10.6 Å². The van der Waals surface area contributed by atoms with Crippen LogP contribution in [-0.2, 0) is 9.47 Å². The molecule has 0 atom stereocenters. The first-order valence-corrected chi connectivity index (χ1v) is 8.79. The monoisotopic (exact) mass is 328 g/mol. The van der Waals surface area contributed by atoms with Gasteiger partial charge in [-0.3, -0.25) is 0 Å². The summed E-state index contributed by atoms with van der Waals surface area (Å²) < 4.78 is 10.6. The zero-order valence-electron chi connectivity index (χ0n) is 14.7. The van der Waals surface area contributed by atoms with Gasteiger partial charge < -0.3 is 25.2 Å². The van der Waals surface area contributed by atoms with E-state index in [0.717, 1.165) is 25.7 Å². The number of carbonyl (C=O) groups excluding carboxylic acids is 1. The molecule has 0 radical (unpaired) electrons. The molecule has 0 aromatic heterocycles. The molecule has 6 heteroatoms. The maximum absolute atomic E-state index is 11.8. The standard InChI is InChI=1S/C17H32N2O4/c1-16(2,3)23-15(20)19-14-6-4-13(5-7-14)18-12-17(21)8-10-22-11-9-17/h13-14,18,21H,4-12H2,1-3H3,(H,19,20). The predicted molar refractivity (Wildman–Crippen MR) is 88.4 cm³/mol.